The molecular formula is C19H16F3N3O2S. The molecule has 0 saturated heterocycles. The van der Waals surface area contributed by atoms with Crippen molar-refractivity contribution in [3.05, 3.63) is 59.9 Å². The van der Waals surface area contributed by atoms with Crippen LogP contribution in [0.4, 0.5) is 13.2 Å². The maximum Gasteiger partial charge on any atom is 0.451 e. The standard InChI is InChI=1S/C19H16F3N3O2S/c1-27-13-8-6-12(7-9-13)10-23-16(26)11-28-17-14-4-2-3-5-15(14)24-18(25-17)19(20,21)22/h2-9H,10-11H2,1H3,(H,23,26). The number of halogens is 3. The number of aromatic nitrogens is 2. The zero-order valence-electron chi connectivity index (χ0n) is 14.8. The normalized spacial score (nSPS) is 11.4. The molecular weight excluding hydrogens is 391 g/mol. The van der Waals surface area contributed by atoms with Gasteiger partial charge >= 0.3 is 6.18 Å². The third-order valence-corrected chi connectivity index (χ3v) is 4.80. The maximum atomic E-state index is 13.0. The second kappa shape index (κ2) is 8.47. The summed E-state index contributed by atoms with van der Waals surface area (Å²) in [5.74, 6) is -0.875. The van der Waals surface area contributed by atoms with E-state index in [2.05, 4.69) is 15.3 Å². The third-order valence-electron chi connectivity index (χ3n) is 3.81. The van der Waals surface area contributed by atoms with Crippen LogP contribution in [0.15, 0.2) is 53.6 Å². The van der Waals surface area contributed by atoms with E-state index < -0.39 is 12.0 Å². The number of fused-ring (bicyclic) bond motifs is 1. The Labute approximate surface area is 163 Å². The number of hydrogen-bond acceptors (Lipinski definition) is 5. The van der Waals surface area contributed by atoms with Crippen molar-refractivity contribution in [3.8, 4) is 5.75 Å². The monoisotopic (exact) mass is 407 g/mol. The number of benzene rings is 2. The van der Waals surface area contributed by atoms with Crippen LogP contribution in [0, 0.1) is 0 Å². The highest BCUT2D eigenvalue weighted by molar-refractivity contribution is 8.00. The average Bonchev–Trinajstić information content (AvgIpc) is 2.70. The van der Waals surface area contributed by atoms with E-state index in [1.165, 1.54) is 6.07 Å². The van der Waals surface area contributed by atoms with Crippen molar-refractivity contribution in [2.75, 3.05) is 12.9 Å². The van der Waals surface area contributed by atoms with Crippen molar-refractivity contribution in [1.29, 1.82) is 0 Å². The van der Waals surface area contributed by atoms with Crippen molar-refractivity contribution >= 4 is 28.6 Å². The van der Waals surface area contributed by atoms with Gasteiger partial charge in [-0.15, -0.1) is 0 Å². The number of para-hydroxylation sites is 1. The van der Waals surface area contributed by atoms with Gasteiger partial charge in [0.05, 0.1) is 18.4 Å². The lowest BCUT2D eigenvalue weighted by atomic mass is 10.2. The summed E-state index contributed by atoms with van der Waals surface area (Å²) < 4.78 is 44.2. The summed E-state index contributed by atoms with van der Waals surface area (Å²) in [7, 11) is 1.56. The first-order valence-corrected chi connectivity index (χ1v) is 9.22. The molecule has 1 heterocycles. The Balaban J connectivity index is 1.67. The minimum absolute atomic E-state index is 0.0611. The van der Waals surface area contributed by atoms with Crippen molar-refractivity contribution in [3.63, 3.8) is 0 Å². The Morgan fingerprint density at radius 2 is 1.82 bits per heavy atom. The third kappa shape index (κ3) is 4.92. The average molecular weight is 407 g/mol. The predicted molar refractivity (Wildman–Crippen MR) is 100 cm³/mol. The van der Waals surface area contributed by atoms with Crippen LogP contribution in [-0.4, -0.2) is 28.7 Å². The fourth-order valence-electron chi connectivity index (χ4n) is 2.41. The second-order valence-corrected chi connectivity index (χ2v) is 6.74. The van der Waals surface area contributed by atoms with Crippen LogP contribution in [0.1, 0.15) is 11.4 Å². The van der Waals surface area contributed by atoms with Crippen molar-refractivity contribution in [1.82, 2.24) is 15.3 Å². The van der Waals surface area contributed by atoms with Crippen LogP contribution in [-0.2, 0) is 17.5 Å². The predicted octanol–water partition coefficient (Wildman–Crippen LogP) is 4.07. The van der Waals surface area contributed by atoms with E-state index in [0.717, 1.165) is 17.3 Å². The van der Waals surface area contributed by atoms with Crippen LogP contribution in [0.3, 0.4) is 0 Å². The van der Waals surface area contributed by atoms with Gasteiger partial charge in [-0.05, 0) is 23.8 Å². The number of ether oxygens (including phenoxy) is 1. The number of amides is 1. The van der Waals surface area contributed by atoms with Gasteiger partial charge in [0.25, 0.3) is 0 Å². The lowest BCUT2D eigenvalue weighted by Crippen LogP contribution is -2.24. The van der Waals surface area contributed by atoms with Gasteiger partial charge in [0.2, 0.25) is 11.7 Å². The molecule has 1 N–H and O–H groups in total. The van der Waals surface area contributed by atoms with E-state index in [9.17, 15) is 18.0 Å². The second-order valence-electron chi connectivity index (χ2n) is 5.78. The summed E-state index contributed by atoms with van der Waals surface area (Å²) in [5.41, 5.74) is 1.07. The first kappa shape index (κ1) is 19.9. The summed E-state index contributed by atoms with van der Waals surface area (Å²) in [6, 6.07) is 13.6. The molecule has 0 aliphatic heterocycles. The van der Waals surface area contributed by atoms with Crippen LogP contribution < -0.4 is 10.1 Å². The van der Waals surface area contributed by atoms with E-state index in [0.29, 0.717) is 17.7 Å². The quantitative estimate of drug-likeness (QED) is 0.493. The largest absolute Gasteiger partial charge is 0.497 e. The number of thioether (sulfide) groups is 1. The topological polar surface area (TPSA) is 64.1 Å². The Hall–Kier alpha value is -2.81. The van der Waals surface area contributed by atoms with Crippen LogP contribution in [0.5, 0.6) is 5.75 Å². The molecule has 0 saturated carbocycles. The Bertz CT molecular complexity index is 978. The molecule has 9 heteroatoms. The lowest BCUT2D eigenvalue weighted by molar-refractivity contribution is -0.145. The highest BCUT2D eigenvalue weighted by Gasteiger charge is 2.35. The van der Waals surface area contributed by atoms with E-state index in [1.54, 1.807) is 37.4 Å². The minimum atomic E-state index is -4.66. The number of carbonyl (C=O) groups excluding carboxylic acids is 1. The molecule has 3 aromatic rings. The van der Waals surface area contributed by atoms with Gasteiger partial charge in [0.15, 0.2) is 0 Å². The molecule has 5 nitrogen and oxygen atoms in total. The summed E-state index contributed by atoms with van der Waals surface area (Å²) in [5, 5.41) is 3.33. The van der Waals surface area contributed by atoms with Gasteiger partial charge < -0.3 is 10.1 Å². The molecule has 0 fully saturated rings. The number of alkyl halides is 3. The molecule has 146 valence electrons. The first-order valence-electron chi connectivity index (χ1n) is 8.23. The highest BCUT2D eigenvalue weighted by Crippen LogP contribution is 2.31. The van der Waals surface area contributed by atoms with Crippen molar-refractivity contribution in [2.24, 2.45) is 0 Å². The Kier molecular flexibility index (Phi) is 6.03. The fourth-order valence-corrected chi connectivity index (χ4v) is 3.26. The Morgan fingerprint density at radius 3 is 2.50 bits per heavy atom. The number of nitrogens with one attached hydrogen (secondary N) is 1. The van der Waals surface area contributed by atoms with Gasteiger partial charge in [-0.2, -0.15) is 13.2 Å². The van der Waals surface area contributed by atoms with Crippen LogP contribution in [0.25, 0.3) is 10.9 Å². The van der Waals surface area contributed by atoms with Crippen LogP contribution >= 0.6 is 11.8 Å². The van der Waals surface area contributed by atoms with Gasteiger partial charge in [0, 0.05) is 11.9 Å². The number of nitrogens with zero attached hydrogens (tertiary/aromatic N) is 2. The molecule has 0 unspecified atom stereocenters. The SMILES string of the molecule is COc1ccc(CNC(=O)CSc2nc(C(F)(F)F)nc3ccccc23)cc1. The zero-order chi connectivity index (χ0) is 20.1. The number of carbonyl (C=O) groups is 1. The van der Waals surface area contributed by atoms with Crippen molar-refractivity contribution < 1.29 is 22.7 Å². The molecule has 3 rings (SSSR count). The highest BCUT2D eigenvalue weighted by atomic mass is 32.2. The van der Waals surface area contributed by atoms with Gasteiger partial charge in [0.1, 0.15) is 10.8 Å². The molecule has 0 atom stereocenters. The Morgan fingerprint density at radius 1 is 1.11 bits per heavy atom. The number of methoxy groups -OCH3 is 1. The summed E-state index contributed by atoms with van der Waals surface area (Å²) in [4.78, 5) is 19.3. The minimum Gasteiger partial charge on any atom is -0.497 e. The molecule has 1 aromatic heterocycles. The lowest BCUT2D eigenvalue weighted by Gasteiger charge is -2.10. The number of hydrogen-bond donors (Lipinski definition) is 1. The van der Waals surface area contributed by atoms with Gasteiger partial charge in [-0.25, -0.2) is 9.97 Å². The molecule has 1 amide bonds. The van der Waals surface area contributed by atoms with Gasteiger partial charge in [-0.1, -0.05) is 42.1 Å². The van der Waals surface area contributed by atoms with E-state index >= 15 is 0 Å². The number of rotatable bonds is 6. The van der Waals surface area contributed by atoms with E-state index in [1.807, 2.05) is 12.1 Å². The summed E-state index contributed by atoms with van der Waals surface area (Å²) in [6.07, 6.45) is -4.66. The zero-order valence-corrected chi connectivity index (χ0v) is 15.6. The van der Waals surface area contributed by atoms with E-state index in [4.69, 9.17) is 4.74 Å². The molecule has 0 aliphatic rings. The fraction of sp³-hybridized carbons (Fsp3) is 0.211. The molecule has 0 aliphatic carbocycles. The van der Waals surface area contributed by atoms with Gasteiger partial charge in [-0.3, -0.25) is 4.79 Å². The van der Waals surface area contributed by atoms with Crippen LogP contribution in [0.2, 0.25) is 0 Å². The molecule has 0 radical (unpaired) electrons. The van der Waals surface area contributed by atoms with E-state index in [-0.39, 0.29) is 22.2 Å². The summed E-state index contributed by atoms with van der Waals surface area (Å²) in [6.45, 7) is 0.307. The maximum absolute atomic E-state index is 13.0. The smallest absolute Gasteiger partial charge is 0.451 e. The first-order chi connectivity index (χ1) is 13.4. The van der Waals surface area contributed by atoms with Crippen molar-refractivity contribution in [2.45, 2.75) is 17.7 Å². The molecule has 0 bridgehead atoms. The summed E-state index contributed by atoms with van der Waals surface area (Å²) >= 11 is 0.946. The molecule has 2 aromatic carbocycles. The molecule has 0 spiro atoms. The molecule has 28 heavy (non-hydrogen) atoms.